The molecule has 33 heavy (non-hydrogen) atoms. The average Bonchev–Trinajstić information content (AvgIpc) is 3.20. The van der Waals surface area contributed by atoms with Crippen LogP contribution >= 0.6 is 0 Å². The van der Waals surface area contributed by atoms with E-state index in [1.807, 2.05) is 6.07 Å². The number of aromatic nitrogens is 2. The van der Waals surface area contributed by atoms with Crippen molar-refractivity contribution in [2.45, 2.75) is 31.7 Å². The molecular formula is C27H35N5O. The summed E-state index contributed by atoms with van der Waals surface area (Å²) in [6.45, 7) is 3.58. The number of rotatable bonds is 4. The van der Waals surface area contributed by atoms with Crippen molar-refractivity contribution in [2.24, 2.45) is 13.0 Å². The van der Waals surface area contributed by atoms with E-state index in [1.54, 1.807) is 0 Å². The number of nitrogens with zero attached hydrogens (tertiary/aromatic N) is 5. The molecule has 0 saturated carbocycles. The maximum Gasteiger partial charge on any atom is 0.227 e. The molecule has 0 N–H and O–H groups in total. The Balaban J connectivity index is 1.31. The third-order valence-electron chi connectivity index (χ3n) is 7.53. The molecule has 1 atom stereocenters. The molecule has 2 saturated heterocycles. The van der Waals surface area contributed by atoms with Gasteiger partial charge in [0.2, 0.25) is 5.91 Å². The molecule has 0 aliphatic carbocycles. The van der Waals surface area contributed by atoms with Gasteiger partial charge in [0.25, 0.3) is 0 Å². The van der Waals surface area contributed by atoms with Gasteiger partial charge in [-0.15, -0.1) is 0 Å². The van der Waals surface area contributed by atoms with Crippen LogP contribution in [0.1, 0.15) is 25.7 Å². The fourth-order valence-corrected chi connectivity index (χ4v) is 5.52. The molecule has 2 aliphatic rings. The molecule has 6 heteroatoms. The predicted octanol–water partition coefficient (Wildman–Crippen LogP) is 4.01. The van der Waals surface area contributed by atoms with Gasteiger partial charge < -0.3 is 19.3 Å². The highest BCUT2D eigenvalue weighted by molar-refractivity contribution is 5.82. The van der Waals surface area contributed by atoms with E-state index in [-0.39, 0.29) is 5.92 Å². The largest absolute Gasteiger partial charge is 0.371 e. The third-order valence-corrected chi connectivity index (χ3v) is 7.53. The summed E-state index contributed by atoms with van der Waals surface area (Å²) in [6.07, 6.45) is 4.21. The van der Waals surface area contributed by atoms with Crippen molar-refractivity contribution in [3.05, 3.63) is 48.5 Å². The lowest BCUT2D eigenvalue weighted by molar-refractivity contribution is -0.137. The van der Waals surface area contributed by atoms with Crippen LogP contribution < -0.4 is 4.90 Å². The van der Waals surface area contributed by atoms with Crippen molar-refractivity contribution in [1.82, 2.24) is 19.4 Å². The van der Waals surface area contributed by atoms with Crippen LogP contribution in [0.3, 0.4) is 0 Å². The summed E-state index contributed by atoms with van der Waals surface area (Å²) < 4.78 is 2.16. The average molecular weight is 446 g/mol. The number of piperidine rings is 2. The van der Waals surface area contributed by atoms with Crippen molar-refractivity contribution in [2.75, 3.05) is 45.2 Å². The highest BCUT2D eigenvalue weighted by atomic mass is 16.2. The van der Waals surface area contributed by atoms with E-state index in [1.165, 1.54) is 5.69 Å². The number of hydrogen-bond donors (Lipinski definition) is 0. The van der Waals surface area contributed by atoms with Crippen molar-refractivity contribution in [3.63, 3.8) is 0 Å². The third kappa shape index (κ3) is 4.36. The van der Waals surface area contributed by atoms with Crippen LogP contribution in [0, 0.1) is 5.92 Å². The number of aryl methyl sites for hydroxylation is 1. The number of fused-ring (bicyclic) bond motifs is 1. The van der Waals surface area contributed by atoms with Crippen LogP contribution in [0.25, 0.3) is 22.4 Å². The number of imidazole rings is 1. The minimum atomic E-state index is 0.0917. The lowest BCUT2D eigenvalue weighted by Gasteiger charge is -2.39. The molecule has 5 rings (SSSR count). The van der Waals surface area contributed by atoms with E-state index < -0.39 is 0 Å². The zero-order valence-electron chi connectivity index (χ0n) is 20.1. The molecule has 6 nitrogen and oxygen atoms in total. The van der Waals surface area contributed by atoms with Gasteiger partial charge in [-0.3, -0.25) is 4.79 Å². The topological polar surface area (TPSA) is 44.6 Å². The fourth-order valence-electron chi connectivity index (χ4n) is 5.52. The fraction of sp³-hybridized carbons (Fsp3) is 0.481. The Hall–Kier alpha value is -2.86. The first-order chi connectivity index (χ1) is 16.0. The zero-order chi connectivity index (χ0) is 22.9. The molecule has 2 fully saturated rings. The first-order valence-electron chi connectivity index (χ1n) is 12.2. The maximum atomic E-state index is 13.3. The highest BCUT2D eigenvalue weighted by Crippen LogP contribution is 2.30. The molecule has 1 aromatic heterocycles. The van der Waals surface area contributed by atoms with Crippen LogP contribution in [0.4, 0.5) is 5.69 Å². The van der Waals surface area contributed by atoms with Gasteiger partial charge in [-0.05, 0) is 64.0 Å². The SMILES string of the molecule is CN(C)C1CCN(C(=O)[C@@H]2CCCN(c3cccc(-c4nc5ccccc5n4C)c3)C2)CC1. The van der Waals surface area contributed by atoms with E-state index in [2.05, 4.69) is 82.9 Å². The Morgan fingerprint density at radius 1 is 1.00 bits per heavy atom. The number of carbonyl (C=O) groups excluding carboxylic acids is 1. The summed E-state index contributed by atoms with van der Waals surface area (Å²) in [5.41, 5.74) is 4.45. The molecule has 3 heterocycles. The summed E-state index contributed by atoms with van der Waals surface area (Å²) in [5.74, 6) is 1.42. The number of para-hydroxylation sites is 2. The van der Waals surface area contributed by atoms with Crippen LogP contribution in [0.2, 0.25) is 0 Å². The van der Waals surface area contributed by atoms with E-state index >= 15 is 0 Å². The smallest absolute Gasteiger partial charge is 0.227 e. The zero-order valence-corrected chi connectivity index (χ0v) is 20.1. The molecule has 2 aromatic carbocycles. The van der Waals surface area contributed by atoms with Gasteiger partial charge in [0, 0.05) is 50.5 Å². The Labute approximate surface area is 196 Å². The van der Waals surface area contributed by atoms with E-state index in [4.69, 9.17) is 4.98 Å². The minimum absolute atomic E-state index is 0.0917. The lowest BCUT2D eigenvalue weighted by Crippen LogP contribution is -2.49. The van der Waals surface area contributed by atoms with Crippen molar-refractivity contribution in [3.8, 4) is 11.4 Å². The van der Waals surface area contributed by atoms with Gasteiger partial charge >= 0.3 is 0 Å². The molecule has 1 amide bonds. The highest BCUT2D eigenvalue weighted by Gasteiger charge is 2.32. The van der Waals surface area contributed by atoms with Crippen LogP contribution in [0.5, 0.6) is 0 Å². The maximum absolute atomic E-state index is 13.3. The number of hydrogen-bond acceptors (Lipinski definition) is 4. The normalized spacial score (nSPS) is 20.1. The van der Waals surface area contributed by atoms with Gasteiger partial charge in [0.1, 0.15) is 5.82 Å². The van der Waals surface area contributed by atoms with Gasteiger partial charge in [-0.2, -0.15) is 0 Å². The molecule has 0 radical (unpaired) electrons. The summed E-state index contributed by atoms with van der Waals surface area (Å²) in [5, 5.41) is 0. The standard InChI is InChI=1S/C27H35N5O/c1-29(2)22-13-16-31(17-14-22)27(33)21-9-7-15-32(19-21)23-10-6-8-20(18-23)26-28-24-11-4-5-12-25(24)30(26)3/h4-6,8,10-12,18,21-22H,7,9,13-17,19H2,1-3H3/t21-/m1/s1. The summed E-state index contributed by atoms with van der Waals surface area (Å²) in [6, 6.07) is 17.5. The van der Waals surface area contributed by atoms with Gasteiger partial charge in [0.15, 0.2) is 0 Å². The Kier molecular flexibility index (Phi) is 6.11. The van der Waals surface area contributed by atoms with E-state index in [9.17, 15) is 4.79 Å². The molecule has 0 bridgehead atoms. The quantitative estimate of drug-likeness (QED) is 0.609. The molecule has 0 spiro atoms. The Morgan fingerprint density at radius 2 is 1.79 bits per heavy atom. The minimum Gasteiger partial charge on any atom is -0.371 e. The van der Waals surface area contributed by atoms with Gasteiger partial charge in [-0.1, -0.05) is 24.3 Å². The number of carbonyl (C=O) groups is 1. The van der Waals surface area contributed by atoms with Crippen LogP contribution in [-0.4, -0.2) is 71.6 Å². The van der Waals surface area contributed by atoms with Gasteiger partial charge in [0.05, 0.1) is 17.0 Å². The predicted molar refractivity (Wildman–Crippen MR) is 134 cm³/mol. The first-order valence-corrected chi connectivity index (χ1v) is 12.2. The first kappa shape index (κ1) is 22.0. The summed E-state index contributed by atoms with van der Waals surface area (Å²) >= 11 is 0. The Bertz CT molecular complexity index is 1130. The Morgan fingerprint density at radius 3 is 2.55 bits per heavy atom. The van der Waals surface area contributed by atoms with Crippen molar-refractivity contribution < 1.29 is 4.79 Å². The second kappa shape index (κ2) is 9.18. The molecule has 174 valence electrons. The molecule has 2 aliphatic heterocycles. The second-order valence-electron chi connectivity index (χ2n) is 9.84. The number of benzene rings is 2. The summed E-state index contributed by atoms with van der Waals surface area (Å²) in [7, 11) is 6.36. The monoisotopic (exact) mass is 445 g/mol. The lowest BCUT2D eigenvalue weighted by atomic mass is 9.94. The van der Waals surface area contributed by atoms with Crippen LogP contribution in [-0.2, 0) is 11.8 Å². The number of likely N-dealkylation sites (tertiary alicyclic amines) is 1. The second-order valence-corrected chi connectivity index (χ2v) is 9.84. The van der Waals surface area contributed by atoms with E-state index in [0.717, 1.165) is 74.3 Å². The van der Waals surface area contributed by atoms with E-state index in [0.29, 0.717) is 11.9 Å². The molecular weight excluding hydrogens is 410 g/mol. The molecule has 0 unspecified atom stereocenters. The van der Waals surface area contributed by atoms with Gasteiger partial charge in [-0.25, -0.2) is 4.98 Å². The summed E-state index contributed by atoms with van der Waals surface area (Å²) in [4.78, 5) is 25.0. The number of amides is 1. The van der Waals surface area contributed by atoms with Crippen LogP contribution in [0.15, 0.2) is 48.5 Å². The van der Waals surface area contributed by atoms with Crippen molar-refractivity contribution >= 4 is 22.6 Å². The van der Waals surface area contributed by atoms with Crippen molar-refractivity contribution in [1.29, 1.82) is 0 Å². The molecule has 3 aromatic rings. The number of anilines is 1.